The molecule has 0 heterocycles. The predicted octanol–water partition coefficient (Wildman–Crippen LogP) is 6.08. The van der Waals surface area contributed by atoms with Crippen molar-refractivity contribution >= 4 is 17.6 Å². The zero-order valence-electron chi connectivity index (χ0n) is 15.8. The molecule has 3 aromatic rings. The van der Waals surface area contributed by atoms with Gasteiger partial charge in [-0.3, -0.25) is 4.99 Å². The molecular formula is C24H26N2. The second-order valence-corrected chi connectivity index (χ2v) is 6.64. The lowest BCUT2D eigenvalue weighted by Gasteiger charge is -2.23. The molecule has 3 rings (SSSR count). The fraction of sp³-hybridized carbons (Fsp3) is 0.208. The van der Waals surface area contributed by atoms with Gasteiger partial charge >= 0.3 is 0 Å². The normalized spacial score (nSPS) is 11.0. The molecule has 132 valence electrons. The summed E-state index contributed by atoms with van der Waals surface area (Å²) in [6, 6.07) is 25.6. The lowest BCUT2D eigenvalue weighted by atomic mass is 10.1. The zero-order chi connectivity index (χ0) is 18.4. The topological polar surface area (TPSA) is 15.6 Å². The summed E-state index contributed by atoms with van der Waals surface area (Å²) in [6.45, 7) is 8.30. The molecule has 0 aromatic heterocycles. The third-order valence-corrected chi connectivity index (χ3v) is 4.56. The molecule has 0 radical (unpaired) electrons. The molecule has 0 aliphatic rings. The van der Waals surface area contributed by atoms with Crippen molar-refractivity contribution in [3.05, 3.63) is 95.1 Å². The Balaban J connectivity index is 1.71. The summed E-state index contributed by atoms with van der Waals surface area (Å²) in [5.41, 5.74) is 7.18. The molecule has 3 aromatic carbocycles. The number of rotatable bonds is 6. The lowest BCUT2D eigenvalue weighted by molar-refractivity contribution is 0.832. The Morgan fingerprint density at radius 2 is 1.62 bits per heavy atom. The smallest absolute Gasteiger partial charge is 0.0659 e. The predicted molar refractivity (Wildman–Crippen MR) is 113 cm³/mol. The minimum Gasteiger partial charge on any atom is -0.367 e. The molecule has 0 bridgehead atoms. The van der Waals surface area contributed by atoms with Crippen molar-refractivity contribution in [2.45, 2.75) is 27.3 Å². The molecule has 0 atom stereocenters. The highest BCUT2D eigenvalue weighted by molar-refractivity contribution is 5.83. The van der Waals surface area contributed by atoms with Crippen LogP contribution in [0.2, 0.25) is 0 Å². The second-order valence-electron chi connectivity index (χ2n) is 6.64. The van der Waals surface area contributed by atoms with E-state index in [-0.39, 0.29) is 0 Å². The number of aliphatic imine (C=N–C) groups is 1. The van der Waals surface area contributed by atoms with Gasteiger partial charge in [0.1, 0.15) is 0 Å². The lowest BCUT2D eigenvalue weighted by Crippen LogP contribution is -2.21. The Hall–Kier alpha value is -2.87. The third kappa shape index (κ3) is 4.60. The Kier molecular flexibility index (Phi) is 5.85. The largest absolute Gasteiger partial charge is 0.367 e. The van der Waals surface area contributed by atoms with Crippen LogP contribution in [0.4, 0.5) is 11.4 Å². The molecule has 0 N–H and O–H groups in total. The van der Waals surface area contributed by atoms with Crippen molar-refractivity contribution in [3.8, 4) is 0 Å². The van der Waals surface area contributed by atoms with E-state index in [0.717, 1.165) is 24.3 Å². The van der Waals surface area contributed by atoms with Gasteiger partial charge in [0, 0.05) is 25.0 Å². The van der Waals surface area contributed by atoms with E-state index >= 15 is 0 Å². The Morgan fingerprint density at radius 1 is 0.885 bits per heavy atom. The van der Waals surface area contributed by atoms with Gasteiger partial charge in [-0.1, -0.05) is 60.2 Å². The van der Waals surface area contributed by atoms with Gasteiger partial charge in [0.25, 0.3) is 0 Å². The third-order valence-electron chi connectivity index (χ3n) is 4.56. The summed E-state index contributed by atoms with van der Waals surface area (Å²) in [7, 11) is 0. The van der Waals surface area contributed by atoms with Gasteiger partial charge in [-0.2, -0.15) is 0 Å². The average molecular weight is 342 g/mol. The number of nitrogens with zero attached hydrogens (tertiary/aromatic N) is 2. The van der Waals surface area contributed by atoms with E-state index in [9.17, 15) is 0 Å². The van der Waals surface area contributed by atoms with E-state index in [4.69, 9.17) is 0 Å². The van der Waals surface area contributed by atoms with E-state index in [0.29, 0.717) is 0 Å². The molecule has 0 aliphatic heterocycles. The number of hydrogen-bond donors (Lipinski definition) is 0. The van der Waals surface area contributed by atoms with Crippen LogP contribution in [0.3, 0.4) is 0 Å². The summed E-state index contributed by atoms with van der Waals surface area (Å²) < 4.78 is 0. The molecule has 26 heavy (non-hydrogen) atoms. The van der Waals surface area contributed by atoms with Crippen LogP contribution in [0, 0.1) is 13.8 Å². The summed E-state index contributed by atoms with van der Waals surface area (Å²) in [5, 5.41) is 0. The van der Waals surface area contributed by atoms with E-state index < -0.39 is 0 Å². The van der Waals surface area contributed by atoms with Crippen molar-refractivity contribution in [3.63, 3.8) is 0 Å². The Morgan fingerprint density at radius 3 is 2.27 bits per heavy atom. The first kappa shape index (κ1) is 17.9. The van der Waals surface area contributed by atoms with Crippen LogP contribution in [-0.2, 0) is 6.54 Å². The maximum Gasteiger partial charge on any atom is 0.0659 e. The van der Waals surface area contributed by atoms with Crippen molar-refractivity contribution in [2.75, 3.05) is 11.4 Å². The van der Waals surface area contributed by atoms with E-state index in [1.807, 2.05) is 6.21 Å². The van der Waals surface area contributed by atoms with Crippen molar-refractivity contribution < 1.29 is 0 Å². The molecule has 0 aliphatic carbocycles. The molecule has 2 nitrogen and oxygen atoms in total. The molecule has 0 spiro atoms. The van der Waals surface area contributed by atoms with Crippen LogP contribution in [0.25, 0.3) is 0 Å². The van der Waals surface area contributed by atoms with Crippen LogP contribution < -0.4 is 4.90 Å². The second kappa shape index (κ2) is 8.48. The van der Waals surface area contributed by atoms with E-state index in [1.54, 1.807) is 0 Å². The highest BCUT2D eigenvalue weighted by atomic mass is 15.1. The monoisotopic (exact) mass is 342 g/mol. The van der Waals surface area contributed by atoms with Crippen molar-refractivity contribution in [2.24, 2.45) is 4.99 Å². The quantitative estimate of drug-likeness (QED) is 0.496. The van der Waals surface area contributed by atoms with E-state index in [1.165, 1.54) is 22.4 Å². The number of benzene rings is 3. The van der Waals surface area contributed by atoms with Crippen LogP contribution in [0.1, 0.15) is 29.2 Å². The van der Waals surface area contributed by atoms with E-state index in [2.05, 4.69) is 103 Å². The Bertz CT molecular complexity index is 864. The van der Waals surface area contributed by atoms with Gasteiger partial charge in [0.2, 0.25) is 0 Å². The minimum atomic E-state index is 0.924. The van der Waals surface area contributed by atoms with Gasteiger partial charge < -0.3 is 4.90 Å². The molecule has 0 saturated carbocycles. The van der Waals surface area contributed by atoms with Gasteiger partial charge in [-0.15, -0.1) is 0 Å². The average Bonchev–Trinajstić information content (AvgIpc) is 2.67. The highest BCUT2D eigenvalue weighted by Crippen LogP contribution is 2.21. The van der Waals surface area contributed by atoms with Gasteiger partial charge in [0.15, 0.2) is 0 Å². The molecule has 0 unspecified atom stereocenters. The number of hydrogen-bond acceptors (Lipinski definition) is 2. The SMILES string of the molecule is CCN(Cc1ccccc1)c1ccc(C=Nc2ccc(C)cc2C)cc1. The molecule has 0 amide bonds. The van der Waals surface area contributed by atoms with Gasteiger partial charge in [0.05, 0.1) is 5.69 Å². The van der Waals surface area contributed by atoms with Crippen LogP contribution in [0.15, 0.2) is 77.8 Å². The molecule has 2 heteroatoms. The van der Waals surface area contributed by atoms with Crippen molar-refractivity contribution in [1.82, 2.24) is 0 Å². The van der Waals surface area contributed by atoms with Crippen LogP contribution in [-0.4, -0.2) is 12.8 Å². The number of aryl methyl sites for hydroxylation is 2. The fourth-order valence-corrected chi connectivity index (χ4v) is 3.05. The standard InChI is InChI=1S/C24H26N2/c1-4-26(18-22-8-6-5-7-9-22)23-13-11-21(12-14-23)17-25-24-15-10-19(2)16-20(24)3/h5-17H,4,18H2,1-3H3. The summed E-state index contributed by atoms with van der Waals surface area (Å²) >= 11 is 0. The maximum atomic E-state index is 4.64. The van der Waals surface area contributed by atoms with Gasteiger partial charge in [-0.25, -0.2) is 0 Å². The number of anilines is 1. The van der Waals surface area contributed by atoms with Crippen molar-refractivity contribution in [1.29, 1.82) is 0 Å². The highest BCUT2D eigenvalue weighted by Gasteiger charge is 2.05. The first-order chi connectivity index (χ1) is 12.7. The first-order valence-electron chi connectivity index (χ1n) is 9.16. The fourth-order valence-electron chi connectivity index (χ4n) is 3.05. The van der Waals surface area contributed by atoms with Crippen LogP contribution in [0.5, 0.6) is 0 Å². The van der Waals surface area contributed by atoms with Crippen LogP contribution >= 0.6 is 0 Å². The molecule has 0 fully saturated rings. The minimum absolute atomic E-state index is 0.924. The van der Waals surface area contributed by atoms with Gasteiger partial charge in [-0.05, 0) is 55.7 Å². The molecular weight excluding hydrogens is 316 g/mol. The summed E-state index contributed by atoms with van der Waals surface area (Å²) in [6.07, 6.45) is 1.94. The maximum absolute atomic E-state index is 4.64. The first-order valence-corrected chi connectivity index (χ1v) is 9.16. The zero-order valence-corrected chi connectivity index (χ0v) is 15.8. The summed E-state index contributed by atoms with van der Waals surface area (Å²) in [5.74, 6) is 0. The Labute approximate surface area is 156 Å². The summed E-state index contributed by atoms with van der Waals surface area (Å²) in [4.78, 5) is 7.02. The molecule has 0 saturated heterocycles.